The Morgan fingerprint density at radius 3 is 2.52 bits per heavy atom. The molecule has 0 radical (unpaired) electrons. The molecule has 0 atom stereocenters. The topological polar surface area (TPSA) is 97.7 Å². The third-order valence-corrected chi connectivity index (χ3v) is 4.38. The number of nitrogens with one attached hydrogen (secondary N) is 1. The van der Waals surface area contributed by atoms with Crippen molar-refractivity contribution in [2.75, 3.05) is 0 Å². The molecule has 1 aromatic heterocycles. The molecular weight excluding hydrogens is 370 g/mol. The summed E-state index contributed by atoms with van der Waals surface area (Å²) >= 11 is 0. The molecule has 1 N–H and O–H groups in total. The maximum atomic E-state index is 12.5. The average molecular weight is 385 g/mol. The normalized spacial score (nSPS) is 11.0. The number of carbonyl (C=O) groups is 1. The maximum absolute atomic E-state index is 12.5. The number of amides is 1. The standard InChI is InChI=1S/C22H15N3O4/c26-22(20-7-3-5-15-4-1-2-6-19(15)20)24-23-14-18-12-13-21(29-18)16-8-10-17(11-9-16)25(27)28/h1-14H,(H,24,26). The summed E-state index contributed by atoms with van der Waals surface area (Å²) in [6.07, 6.45) is 1.40. The van der Waals surface area contributed by atoms with Gasteiger partial charge in [0.05, 0.1) is 11.1 Å². The highest BCUT2D eigenvalue weighted by molar-refractivity contribution is 6.07. The molecule has 142 valence electrons. The van der Waals surface area contributed by atoms with Crippen LogP contribution >= 0.6 is 0 Å². The van der Waals surface area contributed by atoms with Crippen molar-refractivity contribution in [1.82, 2.24) is 5.43 Å². The highest BCUT2D eigenvalue weighted by Gasteiger charge is 2.10. The van der Waals surface area contributed by atoms with Gasteiger partial charge in [-0.2, -0.15) is 5.10 Å². The number of rotatable bonds is 5. The second-order valence-electron chi connectivity index (χ2n) is 6.23. The predicted octanol–water partition coefficient (Wildman–Crippen LogP) is 4.77. The van der Waals surface area contributed by atoms with Gasteiger partial charge in [0.2, 0.25) is 0 Å². The second kappa shape index (κ2) is 7.77. The van der Waals surface area contributed by atoms with Crippen molar-refractivity contribution >= 4 is 28.6 Å². The van der Waals surface area contributed by atoms with Gasteiger partial charge in [0, 0.05) is 23.3 Å². The van der Waals surface area contributed by atoms with Crippen molar-refractivity contribution in [2.45, 2.75) is 0 Å². The molecule has 7 heteroatoms. The Hall–Kier alpha value is -4.26. The zero-order chi connectivity index (χ0) is 20.2. The Bertz CT molecular complexity index is 1220. The number of fused-ring (bicyclic) bond motifs is 1. The Morgan fingerprint density at radius 1 is 0.966 bits per heavy atom. The van der Waals surface area contributed by atoms with Crippen LogP contribution in [0.25, 0.3) is 22.1 Å². The number of benzene rings is 3. The van der Waals surface area contributed by atoms with Gasteiger partial charge in [0.1, 0.15) is 11.5 Å². The molecule has 7 nitrogen and oxygen atoms in total. The molecule has 0 saturated heterocycles. The first-order chi connectivity index (χ1) is 14.1. The average Bonchev–Trinajstić information content (AvgIpc) is 3.22. The molecule has 0 spiro atoms. The van der Waals surface area contributed by atoms with E-state index >= 15 is 0 Å². The molecule has 1 amide bonds. The third-order valence-electron chi connectivity index (χ3n) is 4.38. The molecule has 0 saturated carbocycles. The third kappa shape index (κ3) is 3.89. The number of non-ortho nitro benzene ring substituents is 1. The van der Waals surface area contributed by atoms with E-state index in [2.05, 4.69) is 10.5 Å². The van der Waals surface area contributed by atoms with E-state index < -0.39 is 4.92 Å². The minimum absolute atomic E-state index is 0.0123. The monoisotopic (exact) mass is 385 g/mol. The number of hydrogen-bond acceptors (Lipinski definition) is 5. The summed E-state index contributed by atoms with van der Waals surface area (Å²) in [5, 5.41) is 16.5. The Balaban J connectivity index is 1.46. The van der Waals surface area contributed by atoms with Crippen molar-refractivity contribution in [2.24, 2.45) is 5.10 Å². The number of nitro groups is 1. The van der Waals surface area contributed by atoms with Gasteiger partial charge in [-0.3, -0.25) is 14.9 Å². The second-order valence-corrected chi connectivity index (χ2v) is 6.23. The summed E-state index contributed by atoms with van der Waals surface area (Å²) in [7, 11) is 0. The molecule has 1 heterocycles. The van der Waals surface area contributed by atoms with Crippen LogP contribution in [-0.2, 0) is 0 Å². The van der Waals surface area contributed by atoms with Gasteiger partial charge in [0.15, 0.2) is 0 Å². The summed E-state index contributed by atoms with van der Waals surface area (Å²) in [6.45, 7) is 0. The lowest BCUT2D eigenvalue weighted by molar-refractivity contribution is -0.384. The Labute approximate surface area is 165 Å². The van der Waals surface area contributed by atoms with Gasteiger partial charge >= 0.3 is 0 Å². The summed E-state index contributed by atoms with van der Waals surface area (Å²) in [4.78, 5) is 22.7. The van der Waals surface area contributed by atoms with Crippen molar-refractivity contribution in [3.8, 4) is 11.3 Å². The van der Waals surface area contributed by atoms with Crippen LogP contribution in [0.15, 0.2) is 88.4 Å². The van der Waals surface area contributed by atoms with E-state index in [1.165, 1.54) is 18.3 Å². The lowest BCUT2D eigenvalue weighted by Crippen LogP contribution is -2.17. The van der Waals surface area contributed by atoms with Crippen molar-refractivity contribution in [3.63, 3.8) is 0 Å². The van der Waals surface area contributed by atoms with Gasteiger partial charge in [-0.15, -0.1) is 0 Å². The summed E-state index contributed by atoms with van der Waals surface area (Å²) in [5.41, 5.74) is 3.75. The molecule has 0 fully saturated rings. The van der Waals surface area contributed by atoms with Gasteiger partial charge in [-0.1, -0.05) is 36.4 Å². The van der Waals surface area contributed by atoms with Crippen LogP contribution in [0.1, 0.15) is 16.1 Å². The number of furan rings is 1. The van der Waals surface area contributed by atoms with E-state index in [1.807, 2.05) is 36.4 Å². The quantitative estimate of drug-likeness (QED) is 0.304. The van der Waals surface area contributed by atoms with Crippen LogP contribution in [0.4, 0.5) is 5.69 Å². The molecule has 4 rings (SSSR count). The number of hydrogen-bond donors (Lipinski definition) is 1. The first-order valence-electron chi connectivity index (χ1n) is 8.78. The van der Waals surface area contributed by atoms with E-state index in [1.54, 1.807) is 30.3 Å². The number of hydrazone groups is 1. The van der Waals surface area contributed by atoms with Gasteiger partial charge in [-0.25, -0.2) is 5.43 Å². The first-order valence-corrected chi connectivity index (χ1v) is 8.78. The van der Waals surface area contributed by atoms with Crippen molar-refractivity contribution in [3.05, 3.63) is 100 Å². The molecule has 0 unspecified atom stereocenters. The highest BCUT2D eigenvalue weighted by atomic mass is 16.6. The molecule has 0 aliphatic heterocycles. The molecule has 3 aromatic carbocycles. The van der Waals surface area contributed by atoms with Gasteiger partial charge < -0.3 is 4.42 Å². The maximum Gasteiger partial charge on any atom is 0.271 e. The van der Waals surface area contributed by atoms with Crippen molar-refractivity contribution < 1.29 is 14.1 Å². The largest absolute Gasteiger partial charge is 0.455 e. The van der Waals surface area contributed by atoms with Crippen LogP contribution in [0.3, 0.4) is 0 Å². The molecule has 29 heavy (non-hydrogen) atoms. The predicted molar refractivity (Wildman–Crippen MR) is 110 cm³/mol. The summed E-state index contributed by atoms with van der Waals surface area (Å²) < 4.78 is 5.66. The van der Waals surface area contributed by atoms with Gasteiger partial charge in [-0.05, 0) is 41.1 Å². The van der Waals surface area contributed by atoms with E-state index in [4.69, 9.17) is 4.42 Å². The molecular formula is C22H15N3O4. The molecule has 4 aromatic rings. The number of nitro benzene ring substituents is 1. The van der Waals surface area contributed by atoms with Crippen molar-refractivity contribution in [1.29, 1.82) is 0 Å². The van der Waals surface area contributed by atoms with E-state index in [-0.39, 0.29) is 11.6 Å². The fourth-order valence-corrected chi connectivity index (χ4v) is 2.96. The van der Waals surface area contributed by atoms with Crippen LogP contribution < -0.4 is 5.43 Å². The van der Waals surface area contributed by atoms with Crippen LogP contribution in [0.5, 0.6) is 0 Å². The Morgan fingerprint density at radius 2 is 1.72 bits per heavy atom. The smallest absolute Gasteiger partial charge is 0.271 e. The van der Waals surface area contributed by atoms with Gasteiger partial charge in [0.25, 0.3) is 11.6 Å². The van der Waals surface area contributed by atoms with E-state index in [9.17, 15) is 14.9 Å². The molecule has 0 aliphatic carbocycles. The van der Waals surface area contributed by atoms with E-state index in [0.717, 1.165) is 10.8 Å². The van der Waals surface area contributed by atoms with Crippen LogP contribution in [-0.4, -0.2) is 17.0 Å². The zero-order valence-electron chi connectivity index (χ0n) is 15.1. The fourth-order valence-electron chi connectivity index (χ4n) is 2.96. The molecule has 0 bridgehead atoms. The minimum Gasteiger partial charge on any atom is -0.455 e. The highest BCUT2D eigenvalue weighted by Crippen LogP contribution is 2.24. The van der Waals surface area contributed by atoms with Crippen LogP contribution in [0, 0.1) is 10.1 Å². The fraction of sp³-hybridized carbons (Fsp3) is 0. The lowest BCUT2D eigenvalue weighted by atomic mass is 10.0. The van der Waals surface area contributed by atoms with E-state index in [0.29, 0.717) is 22.6 Å². The lowest BCUT2D eigenvalue weighted by Gasteiger charge is -2.04. The summed E-state index contributed by atoms with van der Waals surface area (Å²) in [6, 6.07) is 22.6. The first kappa shape index (κ1) is 18.1. The summed E-state index contributed by atoms with van der Waals surface area (Å²) in [5.74, 6) is 0.665. The molecule has 0 aliphatic rings. The number of carbonyl (C=O) groups excluding carboxylic acids is 1. The van der Waals surface area contributed by atoms with Crippen LogP contribution in [0.2, 0.25) is 0 Å². The minimum atomic E-state index is -0.456. The number of nitrogens with zero attached hydrogens (tertiary/aromatic N) is 2. The SMILES string of the molecule is O=C(NN=Cc1ccc(-c2ccc([N+](=O)[O-])cc2)o1)c1cccc2ccccc12. The zero-order valence-corrected chi connectivity index (χ0v) is 15.1. The Kier molecular flexibility index (Phi) is 4.86.